The van der Waals surface area contributed by atoms with E-state index in [4.69, 9.17) is 0 Å². The largest absolute Gasteiger partial charge is 0.139 e. The average molecular weight is 671 g/mol. The Bertz CT molecular complexity index is 2250. The van der Waals surface area contributed by atoms with Crippen LogP contribution in [0.25, 0.3) is 31.3 Å². The van der Waals surface area contributed by atoms with E-state index < -0.39 is 0 Å². The van der Waals surface area contributed by atoms with Crippen LogP contribution in [0.5, 0.6) is 0 Å². The van der Waals surface area contributed by atoms with E-state index in [1.165, 1.54) is 123 Å². The van der Waals surface area contributed by atoms with Crippen LogP contribution in [0.2, 0.25) is 0 Å². The highest BCUT2D eigenvalue weighted by atomic mass is 32.1. The van der Waals surface area contributed by atoms with Crippen LogP contribution < -0.4 is 0 Å². The highest BCUT2D eigenvalue weighted by Crippen LogP contribution is 2.58. The fourth-order valence-electron chi connectivity index (χ4n) is 8.61. The Morgan fingerprint density at radius 2 is 1.16 bits per heavy atom. The summed E-state index contributed by atoms with van der Waals surface area (Å²) in [4.78, 5) is 5.58. The summed E-state index contributed by atoms with van der Waals surface area (Å²) in [7, 11) is 0. The van der Waals surface area contributed by atoms with E-state index in [0.717, 1.165) is 25.7 Å². The Balaban J connectivity index is 1.27. The van der Waals surface area contributed by atoms with Gasteiger partial charge in [-0.3, -0.25) is 0 Å². The molecular formula is C47H42S2. The van der Waals surface area contributed by atoms with E-state index in [1.54, 1.807) is 0 Å². The monoisotopic (exact) mass is 670 g/mol. The first-order valence-electron chi connectivity index (χ1n) is 17.9. The molecule has 0 fully saturated rings. The van der Waals surface area contributed by atoms with Crippen LogP contribution in [0.3, 0.4) is 0 Å². The van der Waals surface area contributed by atoms with Crippen molar-refractivity contribution in [2.24, 2.45) is 0 Å². The van der Waals surface area contributed by atoms with Gasteiger partial charge in [0.15, 0.2) is 0 Å². The fourth-order valence-corrected chi connectivity index (χ4v) is 11.0. The molecule has 0 unspecified atom stereocenters. The number of hydrogen-bond acceptors (Lipinski definition) is 2. The van der Waals surface area contributed by atoms with Crippen molar-refractivity contribution in [3.8, 4) is 31.3 Å². The minimum absolute atomic E-state index is 0.367. The smallest absolute Gasteiger partial charge is 0.0714 e. The van der Waals surface area contributed by atoms with Crippen LogP contribution in [0.15, 0.2) is 110 Å². The summed E-state index contributed by atoms with van der Waals surface area (Å²) in [5.74, 6) is 0. The quantitative estimate of drug-likeness (QED) is 0.127. The number of thiophene rings is 2. The van der Waals surface area contributed by atoms with Gasteiger partial charge in [-0.1, -0.05) is 84.4 Å². The second-order valence-corrected chi connectivity index (χ2v) is 16.6. The van der Waals surface area contributed by atoms with Crippen molar-refractivity contribution >= 4 is 22.7 Å². The normalized spacial score (nSPS) is 14.7. The summed E-state index contributed by atoms with van der Waals surface area (Å²) < 4.78 is 0. The van der Waals surface area contributed by atoms with Crippen molar-refractivity contribution < 1.29 is 0 Å². The topological polar surface area (TPSA) is 0 Å². The van der Waals surface area contributed by atoms with Gasteiger partial charge in [0, 0.05) is 19.5 Å². The summed E-state index contributed by atoms with van der Waals surface area (Å²) in [6.45, 7) is 12.6. The molecule has 0 aliphatic heterocycles. The first-order chi connectivity index (χ1) is 24.0. The molecule has 0 bridgehead atoms. The minimum atomic E-state index is -0.367. The summed E-state index contributed by atoms with van der Waals surface area (Å²) in [6.07, 6.45) is 12.9. The van der Waals surface area contributed by atoms with Gasteiger partial charge in [0.25, 0.3) is 0 Å². The van der Waals surface area contributed by atoms with Gasteiger partial charge in [-0.15, -0.1) is 35.8 Å². The molecule has 2 heteroatoms. The Hall–Kier alpha value is -4.24. The van der Waals surface area contributed by atoms with E-state index in [0.29, 0.717) is 0 Å². The zero-order chi connectivity index (χ0) is 33.3. The van der Waals surface area contributed by atoms with E-state index >= 15 is 0 Å². The van der Waals surface area contributed by atoms with Crippen LogP contribution in [0, 0.1) is 13.8 Å². The molecule has 3 aliphatic carbocycles. The van der Waals surface area contributed by atoms with E-state index in [1.807, 2.05) is 28.7 Å². The van der Waals surface area contributed by atoms with Crippen molar-refractivity contribution in [3.05, 3.63) is 176 Å². The molecule has 0 amide bonds. The second kappa shape index (κ2) is 12.0. The lowest BCUT2D eigenvalue weighted by Crippen LogP contribution is -2.30. The highest BCUT2D eigenvalue weighted by Gasteiger charge is 2.47. The Morgan fingerprint density at radius 1 is 0.592 bits per heavy atom. The molecule has 2 heterocycles. The van der Waals surface area contributed by atoms with Crippen molar-refractivity contribution in [1.82, 2.24) is 0 Å². The molecule has 0 spiro atoms. The molecule has 0 saturated heterocycles. The fraction of sp³-hybridized carbons (Fsp3) is 0.234. The number of fused-ring (bicyclic) bond motifs is 5. The van der Waals surface area contributed by atoms with Crippen LogP contribution in [-0.2, 0) is 43.9 Å². The summed E-state index contributed by atoms with van der Waals surface area (Å²) >= 11 is 3.91. The summed E-state index contributed by atoms with van der Waals surface area (Å²) in [6, 6.07) is 34.3. The molecule has 9 rings (SSSR count). The Kier molecular flexibility index (Phi) is 7.52. The van der Waals surface area contributed by atoms with Crippen LogP contribution in [-0.4, -0.2) is 0 Å². The predicted octanol–water partition coefficient (Wildman–Crippen LogP) is 12.6. The van der Waals surface area contributed by atoms with E-state index in [9.17, 15) is 0 Å². The van der Waals surface area contributed by atoms with Gasteiger partial charge >= 0.3 is 0 Å². The number of aryl methyl sites for hydroxylation is 8. The Labute approximate surface area is 299 Å². The predicted molar refractivity (Wildman–Crippen MR) is 212 cm³/mol. The first-order valence-corrected chi connectivity index (χ1v) is 19.6. The number of hydrogen-bond donors (Lipinski definition) is 0. The molecule has 242 valence electrons. The molecule has 4 aromatic carbocycles. The summed E-state index contributed by atoms with van der Waals surface area (Å²) in [5, 5.41) is 0. The zero-order valence-electron chi connectivity index (χ0n) is 28.6. The van der Waals surface area contributed by atoms with Crippen molar-refractivity contribution in [2.75, 3.05) is 0 Å². The molecule has 0 radical (unpaired) electrons. The maximum absolute atomic E-state index is 4.08. The lowest BCUT2D eigenvalue weighted by atomic mass is 9.65. The highest BCUT2D eigenvalue weighted by molar-refractivity contribution is 7.24. The lowest BCUT2D eigenvalue weighted by Gasteiger charge is -2.37. The van der Waals surface area contributed by atoms with Gasteiger partial charge < -0.3 is 0 Å². The van der Waals surface area contributed by atoms with Crippen molar-refractivity contribution in [3.63, 3.8) is 0 Å². The van der Waals surface area contributed by atoms with Gasteiger partial charge in [-0.2, -0.15) is 0 Å². The van der Waals surface area contributed by atoms with E-state index in [2.05, 4.69) is 118 Å². The van der Waals surface area contributed by atoms with Gasteiger partial charge in [0.05, 0.1) is 5.41 Å². The van der Waals surface area contributed by atoms with Gasteiger partial charge in [-0.25, -0.2) is 0 Å². The summed E-state index contributed by atoms with van der Waals surface area (Å²) in [5.41, 5.74) is 19.7. The number of allylic oxidation sites excluding steroid dienone is 2. The molecule has 49 heavy (non-hydrogen) atoms. The van der Waals surface area contributed by atoms with Gasteiger partial charge in [0.2, 0.25) is 0 Å². The molecule has 3 aliphatic rings. The van der Waals surface area contributed by atoms with Crippen LogP contribution in [0.1, 0.15) is 78.9 Å². The zero-order valence-corrected chi connectivity index (χ0v) is 30.3. The maximum Gasteiger partial charge on any atom is 0.0714 e. The second-order valence-electron chi connectivity index (χ2n) is 14.3. The SMILES string of the molecule is C=CCCc1cc(-c2cc(CCC=C)c(-c3ccc4c(c3)C(c3ccc5c(c3)CC5)(c3ccc5c(c3)CC5)c3cc(C)ccc3-4)s2)sc1C. The standard InChI is InChI=1S/C47H42S2/c1-5-7-9-33-27-44(48-30(33)4)45-28-36(10-8-6-2)46(49-45)37-18-22-41-40-21-11-29(3)23-42(40)47(43(41)26-37,38-19-16-31-12-14-34(31)24-38)39-20-17-32-13-15-35(32)25-39/h5-6,11,16-28H,1-2,7-10,12-15H2,3-4H3. The Morgan fingerprint density at radius 3 is 1.78 bits per heavy atom. The van der Waals surface area contributed by atoms with E-state index in [-0.39, 0.29) is 5.41 Å². The van der Waals surface area contributed by atoms with Gasteiger partial charge in [0.1, 0.15) is 0 Å². The molecule has 6 aromatic rings. The van der Waals surface area contributed by atoms with Crippen molar-refractivity contribution in [1.29, 1.82) is 0 Å². The van der Waals surface area contributed by atoms with Crippen LogP contribution >= 0.6 is 22.7 Å². The molecule has 0 atom stereocenters. The van der Waals surface area contributed by atoms with Gasteiger partial charge in [-0.05, 0) is 156 Å². The molecular weight excluding hydrogens is 629 g/mol. The number of rotatable bonds is 10. The van der Waals surface area contributed by atoms with Crippen LogP contribution in [0.4, 0.5) is 0 Å². The molecule has 0 nitrogen and oxygen atoms in total. The third kappa shape index (κ3) is 4.83. The number of benzene rings is 4. The molecule has 0 N–H and O–H groups in total. The first kappa shape index (κ1) is 30.8. The maximum atomic E-state index is 4.08. The lowest BCUT2D eigenvalue weighted by molar-refractivity contribution is 0.739. The average Bonchev–Trinajstić information content (AvgIpc) is 3.76. The molecule has 2 aromatic heterocycles. The van der Waals surface area contributed by atoms with Crippen molar-refractivity contribution in [2.45, 2.75) is 70.6 Å². The minimum Gasteiger partial charge on any atom is -0.139 e. The molecule has 0 saturated carbocycles. The third-order valence-electron chi connectivity index (χ3n) is 11.5. The third-order valence-corrected chi connectivity index (χ3v) is 14.0.